The molecule has 1 aromatic heterocycles. The zero-order valence-corrected chi connectivity index (χ0v) is 11.2. The van der Waals surface area contributed by atoms with Gasteiger partial charge in [0, 0.05) is 31.5 Å². The molecule has 17 heavy (non-hydrogen) atoms. The van der Waals surface area contributed by atoms with Gasteiger partial charge < -0.3 is 9.88 Å². The average molecular weight is 236 g/mol. The van der Waals surface area contributed by atoms with Crippen LogP contribution in [0.15, 0.2) is 12.4 Å². The smallest absolute Gasteiger partial charge is 0.122 e. The summed E-state index contributed by atoms with van der Waals surface area (Å²) in [6.45, 7) is 0.949. The summed E-state index contributed by atoms with van der Waals surface area (Å²) in [6, 6.07) is 1.38. The Hall–Kier alpha value is -0.870. The largest absolute Gasteiger partial charge is 0.337 e. The summed E-state index contributed by atoms with van der Waals surface area (Å²) in [5.41, 5.74) is 0. The van der Waals surface area contributed by atoms with Crippen molar-refractivity contribution in [2.75, 3.05) is 14.1 Å². The van der Waals surface area contributed by atoms with Gasteiger partial charge in [-0.1, -0.05) is 6.42 Å². The molecule has 0 aliphatic heterocycles. The van der Waals surface area contributed by atoms with Crippen molar-refractivity contribution in [2.24, 2.45) is 7.05 Å². The maximum absolute atomic E-state index is 4.40. The van der Waals surface area contributed by atoms with Crippen LogP contribution in [0.3, 0.4) is 0 Å². The Labute approximate surface area is 104 Å². The number of aryl methyl sites for hydroxylation is 1. The lowest BCUT2D eigenvalue weighted by Gasteiger charge is -2.35. The van der Waals surface area contributed by atoms with Gasteiger partial charge in [0.05, 0.1) is 6.54 Å². The van der Waals surface area contributed by atoms with E-state index in [0.29, 0.717) is 12.1 Å². The van der Waals surface area contributed by atoms with Crippen molar-refractivity contribution >= 4 is 0 Å². The van der Waals surface area contributed by atoms with Crippen molar-refractivity contribution in [3.8, 4) is 0 Å². The Morgan fingerprint density at radius 1 is 1.53 bits per heavy atom. The van der Waals surface area contributed by atoms with Gasteiger partial charge in [0.25, 0.3) is 0 Å². The number of imidazole rings is 1. The quantitative estimate of drug-likeness (QED) is 0.857. The SMILES string of the molecule is CNC1CCCC(N(C)Cc2nccn2C)C1. The molecule has 0 aromatic carbocycles. The Bertz CT molecular complexity index is 347. The predicted octanol–water partition coefficient (Wildman–Crippen LogP) is 1.38. The Morgan fingerprint density at radius 2 is 2.35 bits per heavy atom. The third-order valence-corrected chi connectivity index (χ3v) is 3.99. The zero-order valence-electron chi connectivity index (χ0n) is 11.2. The lowest BCUT2D eigenvalue weighted by molar-refractivity contribution is 0.161. The molecule has 2 unspecified atom stereocenters. The van der Waals surface area contributed by atoms with Crippen LogP contribution in [0.4, 0.5) is 0 Å². The van der Waals surface area contributed by atoms with Crippen LogP contribution in [-0.4, -0.2) is 40.6 Å². The van der Waals surface area contributed by atoms with E-state index in [1.54, 1.807) is 0 Å². The second-order valence-corrected chi connectivity index (χ2v) is 5.18. The van der Waals surface area contributed by atoms with Crippen molar-refractivity contribution in [1.82, 2.24) is 19.8 Å². The highest BCUT2D eigenvalue weighted by Gasteiger charge is 2.24. The number of nitrogens with one attached hydrogen (secondary N) is 1. The Kier molecular flexibility index (Phi) is 4.18. The van der Waals surface area contributed by atoms with Crippen LogP contribution in [0.1, 0.15) is 31.5 Å². The fourth-order valence-corrected chi connectivity index (χ4v) is 2.73. The number of hydrogen-bond acceptors (Lipinski definition) is 3. The molecule has 0 saturated heterocycles. The van der Waals surface area contributed by atoms with E-state index in [1.807, 2.05) is 12.4 Å². The maximum Gasteiger partial charge on any atom is 0.122 e. The summed E-state index contributed by atoms with van der Waals surface area (Å²) in [4.78, 5) is 6.85. The third kappa shape index (κ3) is 3.07. The van der Waals surface area contributed by atoms with Crippen LogP contribution < -0.4 is 5.32 Å². The monoisotopic (exact) mass is 236 g/mol. The Morgan fingerprint density at radius 3 is 3.00 bits per heavy atom. The van der Waals surface area contributed by atoms with Crippen LogP contribution in [0, 0.1) is 0 Å². The molecule has 2 rings (SSSR count). The molecule has 1 aromatic rings. The number of hydrogen-bond donors (Lipinski definition) is 1. The molecule has 1 saturated carbocycles. The predicted molar refractivity (Wildman–Crippen MR) is 69.8 cm³/mol. The first kappa shape index (κ1) is 12.6. The van der Waals surface area contributed by atoms with Gasteiger partial charge in [-0.15, -0.1) is 0 Å². The molecule has 2 atom stereocenters. The van der Waals surface area contributed by atoms with E-state index in [-0.39, 0.29) is 0 Å². The molecule has 0 radical (unpaired) electrons. The van der Waals surface area contributed by atoms with Gasteiger partial charge in [-0.2, -0.15) is 0 Å². The highest BCUT2D eigenvalue weighted by Crippen LogP contribution is 2.23. The van der Waals surface area contributed by atoms with Crippen molar-refractivity contribution in [3.05, 3.63) is 18.2 Å². The van der Waals surface area contributed by atoms with Gasteiger partial charge in [-0.05, 0) is 33.4 Å². The zero-order chi connectivity index (χ0) is 12.3. The highest BCUT2D eigenvalue weighted by molar-refractivity contribution is 4.92. The average Bonchev–Trinajstić information content (AvgIpc) is 2.75. The van der Waals surface area contributed by atoms with E-state index >= 15 is 0 Å². The van der Waals surface area contributed by atoms with E-state index in [2.05, 4.69) is 40.9 Å². The molecule has 0 bridgehead atoms. The van der Waals surface area contributed by atoms with E-state index in [9.17, 15) is 0 Å². The molecular formula is C13H24N4. The summed E-state index contributed by atoms with van der Waals surface area (Å²) >= 11 is 0. The van der Waals surface area contributed by atoms with Crippen LogP contribution in [0.5, 0.6) is 0 Å². The molecule has 0 spiro atoms. The molecule has 1 aliphatic carbocycles. The van der Waals surface area contributed by atoms with E-state index in [0.717, 1.165) is 12.4 Å². The van der Waals surface area contributed by atoms with Crippen molar-refractivity contribution < 1.29 is 0 Å². The van der Waals surface area contributed by atoms with Crippen LogP contribution in [-0.2, 0) is 13.6 Å². The van der Waals surface area contributed by atoms with Gasteiger partial charge in [0.1, 0.15) is 5.82 Å². The standard InChI is InChI=1S/C13H24N4/c1-14-11-5-4-6-12(9-11)17(3)10-13-15-7-8-16(13)2/h7-8,11-12,14H,4-6,9-10H2,1-3H3. The van der Waals surface area contributed by atoms with E-state index in [4.69, 9.17) is 0 Å². The van der Waals surface area contributed by atoms with Gasteiger partial charge in [0.2, 0.25) is 0 Å². The van der Waals surface area contributed by atoms with E-state index < -0.39 is 0 Å². The summed E-state index contributed by atoms with van der Waals surface area (Å²) < 4.78 is 2.11. The molecule has 1 fully saturated rings. The summed E-state index contributed by atoms with van der Waals surface area (Å²) in [7, 11) is 6.36. The molecule has 1 heterocycles. The summed E-state index contributed by atoms with van der Waals surface area (Å²) in [5, 5.41) is 3.41. The summed E-state index contributed by atoms with van der Waals surface area (Å²) in [5.74, 6) is 1.15. The number of rotatable bonds is 4. The summed E-state index contributed by atoms with van der Waals surface area (Å²) in [6.07, 6.45) is 9.13. The van der Waals surface area contributed by atoms with Crippen LogP contribution in [0.2, 0.25) is 0 Å². The third-order valence-electron chi connectivity index (χ3n) is 3.99. The molecule has 96 valence electrons. The van der Waals surface area contributed by atoms with Crippen molar-refractivity contribution in [1.29, 1.82) is 0 Å². The normalized spacial score (nSPS) is 25.4. The lowest BCUT2D eigenvalue weighted by atomic mass is 9.90. The van der Waals surface area contributed by atoms with E-state index in [1.165, 1.54) is 25.7 Å². The highest BCUT2D eigenvalue weighted by atomic mass is 15.2. The molecular weight excluding hydrogens is 212 g/mol. The minimum Gasteiger partial charge on any atom is -0.337 e. The maximum atomic E-state index is 4.40. The fraction of sp³-hybridized carbons (Fsp3) is 0.769. The first-order valence-electron chi connectivity index (χ1n) is 6.54. The minimum atomic E-state index is 0.692. The van der Waals surface area contributed by atoms with Crippen molar-refractivity contribution in [3.63, 3.8) is 0 Å². The minimum absolute atomic E-state index is 0.692. The van der Waals surface area contributed by atoms with Crippen LogP contribution in [0.25, 0.3) is 0 Å². The Balaban J connectivity index is 1.91. The topological polar surface area (TPSA) is 33.1 Å². The number of aromatic nitrogens is 2. The van der Waals surface area contributed by atoms with Gasteiger partial charge >= 0.3 is 0 Å². The van der Waals surface area contributed by atoms with Gasteiger partial charge in [0.15, 0.2) is 0 Å². The van der Waals surface area contributed by atoms with Gasteiger partial charge in [-0.25, -0.2) is 4.98 Å². The van der Waals surface area contributed by atoms with Crippen molar-refractivity contribution in [2.45, 2.75) is 44.3 Å². The molecule has 0 amide bonds. The van der Waals surface area contributed by atoms with Gasteiger partial charge in [-0.3, -0.25) is 4.90 Å². The first-order valence-corrected chi connectivity index (χ1v) is 6.54. The van der Waals surface area contributed by atoms with Crippen LogP contribution >= 0.6 is 0 Å². The second-order valence-electron chi connectivity index (χ2n) is 5.18. The first-order chi connectivity index (χ1) is 8.20. The molecule has 4 nitrogen and oxygen atoms in total. The second kappa shape index (κ2) is 5.65. The molecule has 1 N–H and O–H groups in total. The lowest BCUT2D eigenvalue weighted by Crippen LogP contribution is -2.41. The fourth-order valence-electron chi connectivity index (χ4n) is 2.73. The number of nitrogens with zero attached hydrogens (tertiary/aromatic N) is 3. The molecule has 4 heteroatoms. The molecule has 1 aliphatic rings.